The first-order valence-corrected chi connectivity index (χ1v) is 8.81. The summed E-state index contributed by atoms with van der Waals surface area (Å²) in [5.41, 5.74) is 2.47. The molecule has 1 N–H and O–H groups in total. The van der Waals surface area contributed by atoms with Crippen LogP contribution in [0.15, 0.2) is 78.9 Å². The van der Waals surface area contributed by atoms with E-state index in [-0.39, 0.29) is 11.7 Å². The minimum atomic E-state index is -0.289. The molecule has 0 aromatic heterocycles. The molecule has 0 heterocycles. The Kier molecular flexibility index (Phi) is 6.00. The van der Waals surface area contributed by atoms with Gasteiger partial charge >= 0.3 is 0 Å². The maximum atomic E-state index is 12.7. The minimum Gasteiger partial charge on any atom is -0.492 e. The number of ether oxygens (including phenoxy) is 1. The number of hydrogen-bond donors (Lipinski definition) is 1. The first kappa shape index (κ1) is 18.4. The van der Waals surface area contributed by atoms with Crippen LogP contribution in [-0.4, -0.2) is 24.8 Å². The van der Waals surface area contributed by atoms with E-state index in [9.17, 15) is 9.59 Å². The van der Waals surface area contributed by atoms with Crippen molar-refractivity contribution in [2.75, 3.05) is 13.2 Å². The van der Waals surface area contributed by atoms with Gasteiger partial charge in [0.1, 0.15) is 12.4 Å². The van der Waals surface area contributed by atoms with Gasteiger partial charge in [-0.15, -0.1) is 0 Å². The molecule has 0 spiro atoms. The van der Waals surface area contributed by atoms with Crippen molar-refractivity contribution in [3.63, 3.8) is 0 Å². The molecule has 0 atom stereocenters. The Balaban J connectivity index is 1.61. The molecule has 4 nitrogen and oxygen atoms in total. The summed E-state index contributed by atoms with van der Waals surface area (Å²) in [6.45, 7) is 2.71. The van der Waals surface area contributed by atoms with E-state index >= 15 is 0 Å². The fourth-order valence-corrected chi connectivity index (χ4v) is 2.69. The zero-order chi connectivity index (χ0) is 19.1. The number of nitrogens with one attached hydrogen (secondary N) is 1. The smallest absolute Gasteiger partial charge is 0.252 e. The summed E-state index contributed by atoms with van der Waals surface area (Å²) in [6, 6.07) is 23.5. The molecule has 0 bridgehead atoms. The van der Waals surface area contributed by atoms with Crippen molar-refractivity contribution >= 4 is 11.7 Å². The number of aryl methyl sites for hydroxylation is 1. The number of amides is 1. The molecule has 0 aliphatic carbocycles. The highest BCUT2D eigenvalue weighted by atomic mass is 16.5. The van der Waals surface area contributed by atoms with Crippen LogP contribution in [0, 0.1) is 6.92 Å². The van der Waals surface area contributed by atoms with Crippen molar-refractivity contribution in [2.45, 2.75) is 6.92 Å². The lowest BCUT2D eigenvalue weighted by Crippen LogP contribution is -2.29. The van der Waals surface area contributed by atoms with Gasteiger partial charge in [0.15, 0.2) is 5.78 Å². The molecule has 0 saturated heterocycles. The average molecular weight is 359 g/mol. The predicted molar refractivity (Wildman–Crippen MR) is 105 cm³/mol. The summed E-state index contributed by atoms with van der Waals surface area (Å²) in [5, 5.41) is 2.81. The second-order valence-electron chi connectivity index (χ2n) is 6.16. The topological polar surface area (TPSA) is 55.4 Å². The van der Waals surface area contributed by atoms with Gasteiger partial charge in [-0.1, -0.05) is 66.2 Å². The third-order valence-electron chi connectivity index (χ3n) is 4.13. The summed E-state index contributed by atoms with van der Waals surface area (Å²) in [7, 11) is 0. The van der Waals surface area contributed by atoms with Crippen molar-refractivity contribution in [1.29, 1.82) is 0 Å². The molecule has 4 heteroatoms. The number of carbonyl (C=O) groups excluding carboxylic acids is 2. The Morgan fingerprint density at radius 2 is 1.44 bits per heavy atom. The zero-order valence-corrected chi connectivity index (χ0v) is 15.1. The molecule has 0 fully saturated rings. The van der Waals surface area contributed by atoms with Crippen molar-refractivity contribution < 1.29 is 14.3 Å². The molecule has 3 aromatic rings. The summed E-state index contributed by atoms with van der Waals surface area (Å²) < 4.78 is 5.61. The Bertz CT molecular complexity index is 918. The quantitative estimate of drug-likeness (QED) is 0.512. The molecule has 0 radical (unpaired) electrons. The lowest BCUT2D eigenvalue weighted by atomic mass is 9.98. The highest BCUT2D eigenvalue weighted by Crippen LogP contribution is 2.15. The Morgan fingerprint density at radius 1 is 0.815 bits per heavy atom. The van der Waals surface area contributed by atoms with Gasteiger partial charge in [0.05, 0.1) is 12.1 Å². The number of hydrogen-bond acceptors (Lipinski definition) is 3. The SMILES string of the molecule is Cc1ccc(OCCNC(=O)c2ccccc2C(=O)c2ccccc2)cc1. The molecule has 0 saturated carbocycles. The van der Waals surface area contributed by atoms with E-state index < -0.39 is 0 Å². The Morgan fingerprint density at radius 3 is 2.15 bits per heavy atom. The molecule has 136 valence electrons. The highest BCUT2D eigenvalue weighted by molar-refractivity contribution is 6.15. The van der Waals surface area contributed by atoms with E-state index in [1.54, 1.807) is 48.5 Å². The molecule has 0 unspecified atom stereocenters. The molecule has 1 amide bonds. The van der Waals surface area contributed by atoms with Crippen molar-refractivity contribution in [1.82, 2.24) is 5.32 Å². The summed E-state index contributed by atoms with van der Waals surface area (Å²) >= 11 is 0. The van der Waals surface area contributed by atoms with Crippen LogP contribution < -0.4 is 10.1 Å². The fraction of sp³-hybridized carbons (Fsp3) is 0.130. The maximum Gasteiger partial charge on any atom is 0.252 e. The van der Waals surface area contributed by atoms with Gasteiger partial charge in [-0.05, 0) is 25.1 Å². The lowest BCUT2D eigenvalue weighted by molar-refractivity contribution is 0.0936. The third kappa shape index (κ3) is 4.82. The largest absolute Gasteiger partial charge is 0.492 e. The van der Waals surface area contributed by atoms with E-state index in [2.05, 4.69) is 5.32 Å². The fourth-order valence-electron chi connectivity index (χ4n) is 2.69. The van der Waals surface area contributed by atoms with E-state index in [1.807, 2.05) is 37.3 Å². The van der Waals surface area contributed by atoms with Crippen LogP contribution in [0.1, 0.15) is 31.8 Å². The van der Waals surface area contributed by atoms with Crippen molar-refractivity contribution in [3.8, 4) is 5.75 Å². The van der Waals surface area contributed by atoms with E-state index in [0.717, 1.165) is 11.3 Å². The highest BCUT2D eigenvalue weighted by Gasteiger charge is 2.17. The maximum absolute atomic E-state index is 12.7. The molecule has 3 rings (SSSR count). The van der Waals surface area contributed by atoms with Crippen LogP contribution in [0.3, 0.4) is 0 Å². The van der Waals surface area contributed by atoms with Crippen LogP contribution in [-0.2, 0) is 0 Å². The molecule has 27 heavy (non-hydrogen) atoms. The van der Waals surface area contributed by atoms with E-state index in [1.165, 1.54) is 0 Å². The van der Waals surface area contributed by atoms with Crippen LogP contribution in [0.2, 0.25) is 0 Å². The van der Waals surface area contributed by atoms with E-state index in [0.29, 0.717) is 29.8 Å². The number of rotatable bonds is 7. The summed E-state index contributed by atoms with van der Waals surface area (Å²) in [4.78, 5) is 25.2. The van der Waals surface area contributed by atoms with Gasteiger partial charge in [0.25, 0.3) is 5.91 Å². The van der Waals surface area contributed by atoms with Gasteiger partial charge in [0.2, 0.25) is 0 Å². The van der Waals surface area contributed by atoms with E-state index in [4.69, 9.17) is 4.74 Å². The van der Waals surface area contributed by atoms with Crippen LogP contribution in [0.5, 0.6) is 5.75 Å². The number of ketones is 1. The third-order valence-corrected chi connectivity index (χ3v) is 4.13. The monoisotopic (exact) mass is 359 g/mol. The van der Waals surface area contributed by atoms with Crippen molar-refractivity contribution in [3.05, 3.63) is 101 Å². The molecule has 0 aliphatic rings. The lowest BCUT2D eigenvalue weighted by Gasteiger charge is -2.11. The van der Waals surface area contributed by atoms with Gasteiger partial charge in [-0.2, -0.15) is 0 Å². The van der Waals surface area contributed by atoms with Crippen LogP contribution >= 0.6 is 0 Å². The normalized spacial score (nSPS) is 10.3. The number of carbonyl (C=O) groups is 2. The Hall–Kier alpha value is -3.40. The molecular formula is C23H21NO3. The second kappa shape index (κ2) is 8.81. The van der Waals surface area contributed by atoms with Gasteiger partial charge in [-0.25, -0.2) is 0 Å². The van der Waals surface area contributed by atoms with Gasteiger partial charge in [-0.3, -0.25) is 9.59 Å². The van der Waals surface area contributed by atoms with Crippen molar-refractivity contribution in [2.24, 2.45) is 0 Å². The standard InChI is InChI=1S/C23H21NO3/c1-17-11-13-19(14-12-17)27-16-15-24-23(26)21-10-6-5-9-20(21)22(25)18-7-3-2-4-8-18/h2-14H,15-16H2,1H3,(H,24,26). The van der Waals surface area contributed by atoms with Gasteiger partial charge in [0, 0.05) is 11.1 Å². The molecule has 0 aliphatic heterocycles. The van der Waals surface area contributed by atoms with Crippen LogP contribution in [0.4, 0.5) is 0 Å². The zero-order valence-electron chi connectivity index (χ0n) is 15.1. The summed E-state index contributed by atoms with van der Waals surface area (Å²) in [6.07, 6.45) is 0. The van der Waals surface area contributed by atoms with Gasteiger partial charge < -0.3 is 10.1 Å². The second-order valence-corrected chi connectivity index (χ2v) is 6.16. The Labute approximate surface area is 158 Å². The minimum absolute atomic E-state index is 0.169. The first-order valence-electron chi connectivity index (χ1n) is 8.81. The first-order chi connectivity index (χ1) is 13.1. The molecular weight excluding hydrogens is 338 g/mol. The summed E-state index contributed by atoms with van der Waals surface area (Å²) in [5.74, 6) is 0.300. The predicted octanol–water partition coefficient (Wildman–Crippen LogP) is 4.03. The average Bonchev–Trinajstić information content (AvgIpc) is 2.72. The number of benzene rings is 3. The molecule has 3 aromatic carbocycles. The van der Waals surface area contributed by atoms with Crippen LogP contribution in [0.25, 0.3) is 0 Å².